The van der Waals surface area contributed by atoms with Gasteiger partial charge in [-0.3, -0.25) is 24.3 Å². The third-order valence-corrected chi connectivity index (χ3v) is 6.66. The summed E-state index contributed by atoms with van der Waals surface area (Å²) in [6, 6.07) is 19.7. The molecule has 0 unspecified atom stereocenters. The fourth-order valence-corrected chi connectivity index (χ4v) is 4.83. The monoisotopic (exact) mass is 461 g/mol. The van der Waals surface area contributed by atoms with Crippen molar-refractivity contribution in [3.63, 3.8) is 0 Å². The predicted molar refractivity (Wildman–Crippen MR) is 124 cm³/mol. The van der Waals surface area contributed by atoms with Crippen LogP contribution in [0.15, 0.2) is 72.8 Å². The van der Waals surface area contributed by atoms with Crippen molar-refractivity contribution >= 4 is 11.8 Å². The van der Waals surface area contributed by atoms with Crippen LogP contribution in [0.4, 0.5) is 8.78 Å². The quantitative estimate of drug-likeness (QED) is 0.521. The normalized spacial score (nSPS) is 17.0. The molecule has 7 heteroatoms. The fourth-order valence-electron chi connectivity index (χ4n) is 4.83. The van der Waals surface area contributed by atoms with Crippen LogP contribution in [0, 0.1) is 11.6 Å². The average Bonchev–Trinajstić information content (AvgIpc) is 3.11. The van der Waals surface area contributed by atoms with E-state index in [1.165, 1.54) is 29.2 Å². The predicted octanol–water partition coefficient (Wildman–Crippen LogP) is 3.97. The molecule has 0 N–H and O–H groups in total. The summed E-state index contributed by atoms with van der Waals surface area (Å²) in [4.78, 5) is 31.1. The molecule has 174 valence electrons. The second kappa shape index (κ2) is 9.44. The fraction of sp³-hybridized carbons (Fsp3) is 0.259. The number of imide groups is 1. The van der Waals surface area contributed by atoms with Gasteiger partial charge in [0, 0.05) is 39.3 Å². The molecule has 3 aromatic rings. The Morgan fingerprint density at radius 2 is 1.12 bits per heavy atom. The number of piperazine rings is 1. The van der Waals surface area contributed by atoms with E-state index in [1.54, 1.807) is 48.5 Å². The largest absolute Gasteiger partial charge is 0.299 e. The number of nitrogens with zero attached hydrogens (tertiary/aromatic N) is 3. The van der Waals surface area contributed by atoms with Gasteiger partial charge in [-0.25, -0.2) is 8.78 Å². The zero-order valence-electron chi connectivity index (χ0n) is 18.7. The number of rotatable bonds is 6. The Bertz CT molecular complexity index is 1110. The number of fused-ring (bicyclic) bond motifs is 1. The van der Waals surface area contributed by atoms with Gasteiger partial charge in [-0.1, -0.05) is 36.4 Å². The third kappa shape index (κ3) is 4.36. The Morgan fingerprint density at radius 3 is 1.59 bits per heavy atom. The van der Waals surface area contributed by atoms with E-state index in [0.29, 0.717) is 24.2 Å². The number of hydrogen-bond donors (Lipinski definition) is 0. The van der Waals surface area contributed by atoms with Gasteiger partial charge >= 0.3 is 0 Å². The Balaban J connectivity index is 1.24. The lowest BCUT2D eigenvalue weighted by atomic mass is 9.96. The molecule has 0 aliphatic carbocycles. The second-order valence-electron chi connectivity index (χ2n) is 8.69. The first kappa shape index (κ1) is 22.4. The zero-order chi connectivity index (χ0) is 23.7. The Labute approximate surface area is 197 Å². The molecule has 3 aromatic carbocycles. The summed E-state index contributed by atoms with van der Waals surface area (Å²) in [5.41, 5.74) is 2.84. The van der Waals surface area contributed by atoms with E-state index in [0.717, 1.165) is 37.3 Å². The second-order valence-corrected chi connectivity index (χ2v) is 8.69. The van der Waals surface area contributed by atoms with E-state index >= 15 is 0 Å². The summed E-state index contributed by atoms with van der Waals surface area (Å²) >= 11 is 0. The molecule has 2 amide bonds. The van der Waals surface area contributed by atoms with Crippen LogP contribution in [0.3, 0.4) is 0 Å². The molecule has 1 saturated heterocycles. The van der Waals surface area contributed by atoms with Gasteiger partial charge in [0.05, 0.1) is 17.2 Å². The molecular formula is C27H25F2N3O2. The summed E-state index contributed by atoms with van der Waals surface area (Å²) in [5.74, 6) is -1.04. The van der Waals surface area contributed by atoms with Gasteiger partial charge in [-0.2, -0.15) is 0 Å². The highest BCUT2D eigenvalue weighted by Crippen LogP contribution is 2.30. The summed E-state index contributed by atoms with van der Waals surface area (Å²) in [6.07, 6.45) is 0. The number of halogens is 2. The van der Waals surface area contributed by atoms with Crippen molar-refractivity contribution in [1.82, 2.24) is 14.7 Å². The van der Waals surface area contributed by atoms with Crippen LogP contribution in [0.1, 0.15) is 37.9 Å². The SMILES string of the molecule is O=C1c2ccccc2C(=O)N1CCN1CCN(C(c2ccc(F)cc2)c2ccc(F)cc2)CC1. The van der Waals surface area contributed by atoms with Crippen molar-refractivity contribution in [2.75, 3.05) is 39.3 Å². The summed E-state index contributed by atoms with van der Waals surface area (Å²) in [5, 5.41) is 0. The first-order valence-electron chi connectivity index (χ1n) is 11.4. The number of amides is 2. The lowest BCUT2D eigenvalue weighted by Gasteiger charge is -2.40. The van der Waals surface area contributed by atoms with Crippen molar-refractivity contribution in [2.24, 2.45) is 0 Å². The van der Waals surface area contributed by atoms with Crippen LogP contribution in [-0.4, -0.2) is 65.8 Å². The van der Waals surface area contributed by atoms with Gasteiger partial charge in [0.25, 0.3) is 11.8 Å². The van der Waals surface area contributed by atoms with Crippen LogP contribution in [0.25, 0.3) is 0 Å². The minimum absolute atomic E-state index is 0.111. The average molecular weight is 462 g/mol. The Hall–Kier alpha value is -3.42. The first-order valence-corrected chi connectivity index (χ1v) is 11.4. The molecule has 0 aromatic heterocycles. The molecule has 34 heavy (non-hydrogen) atoms. The maximum atomic E-state index is 13.5. The molecule has 1 fully saturated rings. The minimum Gasteiger partial charge on any atom is -0.299 e. The van der Waals surface area contributed by atoms with E-state index in [-0.39, 0.29) is 29.5 Å². The maximum absolute atomic E-state index is 13.5. The Kier molecular flexibility index (Phi) is 6.22. The highest BCUT2D eigenvalue weighted by molar-refractivity contribution is 6.21. The van der Waals surface area contributed by atoms with Crippen LogP contribution in [0.2, 0.25) is 0 Å². The number of carbonyl (C=O) groups is 2. The molecule has 0 spiro atoms. The zero-order valence-corrected chi connectivity index (χ0v) is 18.7. The van der Waals surface area contributed by atoms with Crippen molar-refractivity contribution in [1.29, 1.82) is 0 Å². The molecule has 0 saturated carbocycles. The van der Waals surface area contributed by atoms with Crippen LogP contribution < -0.4 is 0 Å². The van der Waals surface area contributed by atoms with Gasteiger partial charge in [-0.15, -0.1) is 0 Å². The molecule has 0 atom stereocenters. The smallest absolute Gasteiger partial charge is 0.261 e. The topological polar surface area (TPSA) is 43.9 Å². The maximum Gasteiger partial charge on any atom is 0.261 e. The number of carbonyl (C=O) groups excluding carboxylic acids is 2. The van der Waals surface area contributed by atoms with Crippen LogP contribution >= 0.6 is 0 Å². The molecule has 5 nitrogen and oxygen atoms in total. The van der Waals surface area contributed by atoms with Gasteiger partial charge in [0.1, 0.15) is 11.6 Å². The van der Waals surface area contributed by atoms with Crippen molar-refractivity contribution in [2.45, 2.75) is 6.04 Å². The molecule has 0 radical (unpaired) electrons. The van der Waals surface area contributed by atoms with E-state index in [4.69, 9.17) is 0 Å². The van der Waals surface area contributed by atoms with Crippen molar-refractivity contribution < 1.29 is 18.4 Å². The van der Waals surface area contributed by atoms with Gasteiger partial charge in [0.2, 0.25) is 0 Å². The molecule has 0 bridgehead atoms. The molecule has 2 aliphatic rings. The van der Waals surface area contributed by atoms with Crippen LogP contribution in [-0.2, 0) is 0 Å². The lowest BCUT2D eigenvalue weighted by Crippen LogP contribution is -2.50. The van der Waals surface area contributed by atoms with Crippen molar-refractivity contribution in [3.8, 4) is 0 Å². The summed E-state index contributed by atoms with van der Waals surface area (Å²) in [6.45, 7) is 4.00. The van der Waals surface area contributed by atoms with Gasteiger partial charge in [0.15, 0.2) is 0 Å². The van der Waals surface area contributed by atoms with Crippen molar-refractivity contribution in [3.05, 3.63) is 107 Å². The lowest BCUT2D eigenvalue weighted by molar-refractivity contribution is 0.0603. The van der Waals surface area contributed by atoms with Gasteiger partial charge in [-0.05, 0) is 47.5 Å². The molecule has 5 rings (SSSR count). The molecule has 2 aliphatic heterocycles. The number of benzene rings is 3. The standard InChI is InChI=1S/C27H25F2N3O2/c28-21-9-5-19(6-10-21)25(20-7-11-22(29)12-8-20)31-16-13-30(14-17-31)15-18-32-26(33)23-3-1-2-4-24(23)27(32)34/h1-12,25H,13-18H2. The highest BCUT2D eigenvalue weighted by Gasteiger charge is 2.35. The first-order chi connectivity index (χ1) is 16.5. The summed E-state index contributed by atoms with van der Waals surface area (Å²) in [7, 11) is 0. The molecular weight excluding hydrogens is 436 g/mol. The van der Waals surface area contributed by atoms with Crippen LogP contribution in [0.5, 0.6) is 0 Å². The van der Waals surface area contributed by atoms with E-state index < -0.39 is 0 Å². The third-order valence-electron chi connectivity index (χ3n) is 6.66. The highest BCUT2D eigenvalue weighted by atomic mass is 19.1. The van der Waals surface area contributed by atoms with E-state index in [2.05, 4.69) is 9.80 Å². The Morgan fingerprint density at radius 1 is 0.647 bits per heavy atom. The van der Waals surface area contributed by atoms with E-state index in [1.807, 2.05) is 0 Å². The van der Waals surface area contributed by atoms with E-state index in [9.17, 15) is 18.4 Å². The van der Waals surface area contributed by atoms with Gasteiger partial charge < -0.3 is 0 Å². The molecule has 2 heterocycles. The minimum atomic E-state index is -0.292. The number of hydrogen-bond acceptors (Lipinski definition) is 4. The summed E-state index contributed by atoms with van der Waals surface area (Å²) < 4.78 is 27.1.